The van der Waals surface area contributed by atoms with Gasteiger partial charge in [0.05, 0.1) is 11.8 Å². The Morgan fingerprint density at radius 2 is 1.81 bits per heavy atom. The van der Waals surface area contributed by atoms with E-state index in [4.69, 9.17) is 0 Å². The molecule has 1 aromatic heterocycles. The monoisotopic (exact) mass is 509 g/mol. The highest BCUT2D eigenvalue weighted by atomic mass is 32.1. The first-order chi connectivity index (χ1) is 17.4. The summed E-state index contributed by atoms with van der Waals surface area (Å²) in [6, 6.07) is 15.0. The van der Waals surface area contributed by atoms with E-state index < -0.39 is 5.91 Å². The maximum absolute atomic E-state index is 13.3. The van der Waals surface area contributed by atoms with Gasteiger partial charge in [-0.2, -0.15) is 5.10 Å². The molecule has 0 saturated carbocycles. The Morgan fingerprint density at radius 3 is 2.56 bits per heavy atom. The molecule has 36 heavy (non-hydrogen) atoms. The van der Waals surface area contributed by atoms with E-state index in [1.165, 1.54) is 29.7 Å². The zero-order valence-corrected chi connectivity index (χ0v) is 21.6. The Morgan fingerprint density at radius 1 is 1.03 bits per heavy atom. The Labute approximate surface area is 215 Å². The fourth-order valence-corrected chi connectivity index (χ4v) is 4.41. The smallest absolute Gasteiger partial charge is 0.274 e. The lowest BCUT2D eigenvalue weighted by atomic mass is 10.1. The van der Waals surface area contributed by atoms with Crippen molar-refractivity contribution in [3.63, 3.8) is 0 Å². The van der Waals surface area contributed by atoms with Crippen molar-refractivity contribution in [2.75, 3.05) is 38.5 Å². The SMILES string of the molecule is CCN(CC)CCN(C)Cc1cccc(C(=O)Nc2sccc2C(=O)NN=Cc2cccc(F)c2)c1. The first-order valence-corrected chi connectivity index (χ1v) is 12.7. The zero-order chi connectivity index (χ0) is 25.9. The van der Waals surface area contributed by atoms with Crippen LogP contribution in [0.1, 0.15) is 45.7 Å². The van der Waals surface area contributed by atoms with E-state index >= 15 is 0 Å². The van der Waals surface area contributed by atoms with Crippen LogP contribution >= 0.6 is 11.3 Å². The molecule has 0 atom stereocenters. The highest BCUT2D eigenvalue weighted by Crippen LogP contribution is 2.24. The number of hydrazone groups is 1. The molecule has 3 aromatic rings. The van der Waals surface area contributed by atoms with Crippen molar-refractivity contribution in [3.05, 3.63) is 88.0 Å². The van der Waals surface area contributed by atoms with Crippen LogP contribution in [0.3, 0.4) is 0 Å². The number of nitrogens with zero attached hydrogens (tertiary/aromatic N) is 3. The molecule has 2 N–H and O–H groups in total. The van der Waals surface area contributed by atoms with Crippen molar-refractivity contribution in [3.8, 4) is 0 Å². The molecule has 7 nitrogen and oxygen atoms in total. The molecule has 0 saturated heterocycles. The van der Waals surface area contributed by atoms with Gasteiger partial charge in [-0.1, -0.05) is 38.1 Å². The molecule has 9 heteroatoms. The lowest BCUT2D eigenvalue weighted by Gasteiger charge is -2.23. The number of rotatable bonds is 12. The third-order valence-corrected chi connectivity index (χ3v) is 6.53. The number of thiophene rings is 1. The molecule has 0 fully saturated rings. The van der Waals surface area contributed by atoms with Gasteiger partial charge in [-0.15, -0.1) is 11.3 Å². The third-order valence-electron chi connectivity index (χ3n) is 5.70. The fraction of sp³-hybridized carbons (Fsp3) is 0.296. The molecular weight excluding hydrogens is 477 g/mol. The summed E-state index contributed by atoms with van der Waals surface area (Å²) in [7, 11) is 2.07. The molecule has 0 aliphatic carbocycles. The number of anilines is 1. The van der Waals surface area contributed by atoms with Crippen LogP contribution < -0.4 is 10.7 Å². The Kier molecular flexibility index (Phi) is 10.3. The van der Waals surface area contributed by atoms with Gasteiger partial charge in [0.15, 0.2) is 0 Å². The van der Waals surface area contributed by atoms with Crippen molar-refractivity contribution >= 4 is 34.4 Å². The largest absolute Gasteiger partial charge is 0.313 e. The van der Waals surface area contributed by atoms with Crippen molar-refractivity contribution in [2.45, 2.75) is 20.4 Å². The fourth-order valence-electron chi connectivity index (χ4n) is 3.63. The second kappa shape index (κ2) is 13.6. The molecule has 0 radical (unpaired) electrons. The molecule has 0 spiro atoms. The number of carbonyl (C=O) groups is 2. The minimum Gasteiger partial charge on any atom is -0.313 e. The van der Waals surface area contributed by atoms with Crippen molar-refractivity contribution in [2.24, 2.45) is 5.10 Å². The van der Waals surface area contributed by atoms with Crippen LogP contribution in [0.15, 0.2) is 65.1 Å². The van der Waals surface area contributed by atoms with Crippen molar-refractivity contribution < 1.29 is 14.0 Å². The van der Waals surface area contributed by atoms with Gasteiger partial charge in [-0.25, -0.2) is 9.82 Å². The zero-order valence-electron chi connectivity index (χ0n) is 20.8. The summed E-state index contributed by atoms with van der Waals surface area (Å²) in [6.45, 7) is 9.05. The molecule has 0 bridgehead atoms. The summed E-state index contributed by atoms with van der Waals surface area (Å²) in [4.78, 5) is 30.1. The van der Waals surface area contributed by atoms with Crippen LogP contribution in [-0.2, 0) is 6.54 Å². The Hall–Kier alpha value is -3.40. The van der Waals surface area contributed by atoms with Crippen molar-refractivity contribution in [1.29, 1.82) is 0 Å². The average Bonchev–Trinajstić information content (AvgIpc) is 3.33. The Balaban J connectivity index is 1.58. The second-order valence-electron chi connectivity index (χ2n) is 8.34. The van der Waals surface area contributed by atoms with Crippen LogP contribution in [-0.4, -0.2) is 61.1 Å². The molecule has 2 aromatic carbocycles. The summed E-state index contributed by atoms with van der Waals surface area (Å²) in [5.41, 5.74) is 4.81. The average molecular weight is 510 g/mol. The Bertz CT molecular complexity index is 1190. The van der Waals surface area contributed by atoms with Gasteiger partial charge in [0.25, 0.3) is 11.8 Å². The standard InChI is InChI=1S/C27H32FN5O2S/c1-4-33(5-2)14-13-32(3)19-21-9-6-10-22(16-21)25(34)30-27-24(12-15-36-27)26(35)31-29-18-20-8-7-11-23(28)17-20/h6-12,15-18H,4-5,13-14,19H2,1-3H3,(H,30,34)(H,31,35). The van der Waals surface area contributed by atoms with Gasteiger partial charge in [0, 0.05) is 25.2 Å². The third kappa shape index (κ3) is 8.08. The van der Waals surface area contributed by atoms with E-state index in [1.807, 2.05) is 18.2 Å². The number of amides is 2. The molecule has 3 rings (SSSR count). The minimum atomic E-state index is -0.470. The molecule has 2 amide bonds. The molecule has 0 aliphatic rings. The summed E-state index contributed by atoms with van der Waals surface area (Å²) in [5, 5.41) is 8.88. The number of hydrogen-bond donors (Lipinski definition) is 2. The number of likely N-dealkylation sites (N-methyl/N-ethyl adjacent to an activating group) is 2. The maximum atomic E-state index is 13.3. The highest BCUT2D eigenvalue weighted by Gasteiger charge is 2.16. The second-order valence-corrected chi connectivity index (χ2v) is 9.25. The summed E-state index contributed by atoms with van der Waals surface area (Å²) in [5.74, 6) is -1.14. The van der Waals surface area contributed by atoms with E-state index in [2.05, 4.69) is 46.5 Å². The first-order valence-electron chi connectivity index (χ1n) is 11.9. The summed E-state index contributed by atoms with van der Waals surface area (Å²) < 4.78 is 13.3. The van der Waals surface area contributed by atoms with E-state index in [-0.39, 0.29) is 11.7 Å². The van der Waals surface area contributed by atoms with Gasteiger partial charge in [-0.3, -0.25) is 9.59 Å². The predicted octanol–water partition coefficient (Wildman–Crippen LogP) is 4.68. The van der Waals surface area contributed by atoms with Crippen LogP contribution in [0.4, 0.5) is 9.39 Å². The normalized spacial score (nSPS) is 11.4. The molecule has 0 aliphatic heterocycles. The van der Waals surface area contributed by atoms with E-state index in [0.29, 0.717) is 21.7 Å². The molecule has 1 heterocycles. The number of nitrogens with one attached hydrogen (secondary N) is 2. The lowest BCUT2D eigenvalue weighted by molar-refractivity contribution is 0.0956. The van der Waals surface area contributed by atoms with Gasteiger partial charge in [0.2, 0.25) is 0 Å². The lowest BCUT2D eigenvalue weighted by Crippen LogP contribution is -2.32. The number of benzene rings is 2. The maximum Gasteiger partial charge on any atom is 0.274 e. The van der Waals surface area contributed by atoms with Crippen LogP contribution in [0.5, 0.6) is 0 Å². The van der Waals surface area contributed by atoms with Gasteiger partial charge < -0.3 is 15.1 Å². The van der Waals surface area contributed by atoms with Crippen LogP contribution in [0, 0.1) is 5.82 Å². The number of carbonyl (C=O) groups excluding carboxylic acids is 2. The molecule has 190 valence electrons. The topological polar surface area (TPSA) is 77.0 Å². The molecular formula is C27H32FN5O2S. The quantitative estimate of drug-likeness (QED) is 0.275. The van der Waals surface area contributed by atoms with E-state index in [0.717, 1.165) is 38.3 Å². The summed E-state index contributed by atoms with van der Waals surface area (Å²) >= 11 is 1.25. The number of halogens is 1. The number of hydrogen-bond acceptors (Lipinski definition) is 6. The van der Waals surface area contributed by atoms with Crippen LogP contribution in [0.25, 0.3) is 0 Å². The highest BCUT2D eigenvalue weighted by molar-refractivity contribution is 7.14. The first kappa shape index (κ1) is 27.2. The van der Waals surface area contributed by atoms with Gasteiger partial charge >= 0.3 is 0 Å². The van der Waals surface area contributed by atoms with E-state index in [9.17, 15) is 14.0 Å². The predicted molar refractivity (Wildman–Crippen MR) is 144 cm³/mol. The minimum absolute atomic E-state index is 0.289. The van der Waals surface area contributed by atoms with Crippen molar-refractivity contribution in [1.82, 2.24) is 15.2 Å². The molecule has 0 unspecified atom stereocenters. The summed E-state index contributed by atoms with van der Waals surface area (Å²) in [6.07, 6.45) is 1.36. The van der Waals surface area contributed by atoms with Gasteiger partial charge in [0.1, 0.15) is 10.8 Å². The van der Waals surface area contributed by atoms with E-state index in [1.54, 1.807) is 29.6 Å². The van der Waals surface area contributed by atoms with Crippen LogP contribution in [0.2, 0.25) is 0 Å². The van der Waals surface area contributed by atoms with Gasteiger partial charge in [-0.05, 0) is 67.0 Å².